The molecular formula is C26H32N2O7S. The number of allylic oxidation sites excluding steroid dienone is 1. The van der Waals surface area contributed by atoms with Crippen LogP contribution in [0.2, 0.25) is 0 Å². The number of sulfonamides is 1. The van der Waals surface area contributed by atoms with Crippen LogP contribution >= 0.6 is 0 Å². The van der Waals surface area contributed by atoms with Crippen LogP contribution in [-0.4, -0.2) is 74.3 Å². The molecule has 36 heavy (non-hydrogen) atoms. The minimum absolute atomic E-state index is 0.0395. The van der Waals surface area contributed by atoms with Gasteiger partial charge in [0.15, 0.2) is 11.5 Å². The number of carbonyl (C=O) groups excluding carboxylic acids is 1. The van der Waals surface area contributed by atoms with Crippen LogP contribution in [0.3, 0.4) is 0 Å². The van der Waals surface area contributed by atoms with Crippen LogP contribution in [0.15, 0.2) is 47.4 Å². The predicted octanol–water partition coefficient (Wildman–Crippen LogP) is 2.99. The van der Waals surface area contributed by atoms with Gasteiger partial charge in [-0.3, -0.25) is 4.79 Å². The van der Waals surface area contributed by atoms with Crippen LogP contribution in [-0.2, 0) is 10.0 Å². The summed E-state index contributed by atoms with van der Waals surface area (Å²) in [5.41, 5.74) is 1.25. The van der Waals surface area contributed by atoms with E-state index in [0.29, 0.717) is 17.1 Å². The van der Waals surface area contributed by atoms with Gasteiger partial charge in [0.05, 0.1) is 13.2 Å². The predicted molar refractivity (Wildman–Crippen MR) is 135 cm³/mol. The van der Waals surface area contributed by atoms with Crippen molar-refractivity contribution in [3.8, 4) is 17.2 Å². The van der Waals surface area contributed by atoms with Gasteiger partial charge in [-0.05, 0) is 49.7 Å². The lowest BCUT2D eigenvalue weighted by atomic mass is 10.0. The molecule has 10 heteroatoms. The Morgan fingerprint density at radius 1 is 1.19 bits per heavy atom. The fourth-order valence-electron chi connectivity index (χ4n) is 4.36. The quantitative estimate of drug-likeness (QED) is 0.629. The first-order chi connectivity index (χ1) is 17.1. The Morgan fingerprint density at radius 2 is 1.94 bits per heavy atom. The number of nitrogens with zero attached hydrogens (tertiary/aromatic N) is 2. The minimum Gasteiger partial charge on any atom is -0.487 e. The van der Waals surface area contributed by atoms with Crippen molar-refractivity contribution in [1.82, 2.24) is 9.21 Å². The fourth-order valence-corrected chi connectivity index (χ4v) is 6.18. The van der Waals surface area contributed by atoms with Crippen molar-refractivity contribution in [3.63, 3.8) is 0 Å². The van der Waals surface area contributed by atoms with E-state index in [4.69, 9.17) is 14.2 Å². The minimum atomic E-state index is -3.92. The lowest BCUT2D eigenvalue weighted by molar-refractivity contribution is 0.0563. The van der Waals surface area contributed by atoms with Gasteiger partial charge in [-0.25, -0.2) is 8.42 Å². The summed E-state index contributed by atoms with van der Waals surface area (Å²) < 4.78 is 45.4. The van der Waals surface area contributed by atoms with Gasteiger partial charge in [-0.1, -0.05) is 25.1 Å². The van der Waals surface area contributed by atoms with Crippen molar-refractivity contribution in [2.24, 2.45) is 5.92 Å². The first kappa shape index (κ1) is 26.0. The van der Waals surface area contributed by atoms with E-state index < -0.39 is 22.2 Å². The van der Waals surface area contributed by atoms with Crippen LogP contribution in [0.4, 0.5) is 0 Å². The first-order valence-corrected chi connectivity index (χ1v) is 13.3. The topological polar surface area (TPSA) is 106 Å². The molecule has 0 aliphatic carbocycles. The molecule has 0 spiro atoms. The summed E-state index contributed by atoms with van der Waals surface area (Å²) in [5.74, 6) is 0.843. The monoisotopic (exact) mass is 516 g/mol. The van der Waals surface area contributed by atoms with Crippen molar-refractivity contribution >= 4 is 22.0 Å². The maximum absolute atomic E-state index is 13.5. The summed E-state index contributed by atoms with van der Waals surface area (Å²) in [4.78, 5) is 14.8. The Bertz CT molecular complexity index is 1260. The maximum Gasteiger partial charge on any atom is 0.253 e. The maximum atomic E-state index is 13.5. The Labute approximate surface area is 211 Å². The highest BCUT2D eigenvalue weighted by Crippen LogP contribution is 2.35. The van der Waals surface area contributed by atoms with Gasteiger partial charge in [0.25, 0.3) is 5.91 Å². The number of carbonyl (C=O) groups is 1. The molecule has 1 N–H and O–H groups in total. The van der Waals surface area contributed by atoms with Crippen molar-refractivity contribution in [2.75, 3.05) is 33.5 Å². The molecule has 2 aliphatic heterocycles. The number of likely N-dealkylation sites (N-methyl/N-ethyl adjacent to an activating group) is 1. The van der Waals surface area contributed by atoms with Gasteiger partial charge in [0.1, 0.15) is 16.7 Å². The number of hydrogen-bond donors (Lipinski definition) is 1. The van der Waals surface area contributed by atoms with E-state index in [9.17, 15) is 18.3 Å². The SMILES string of the molecule is C/C=C/c1ccc2c(c1)O[C@@H](CN(C)C(=O)c1ccc3c(c1)OCO3)[C@H](C)CN([C@@H](C)CO)S2(=O)=O. The molecule has 0 aromatic heterocycles. The summed E-state index contributed by atoms with van der Waals surface area (Å²) >= 11 is 0. The molecule has 2 aromatic carbocycles. The van der Waals surface area contributed by atoms with Crippen LogP contribution in [0.5, 0.6) is 17.2 Å². The van der Waals surface area contributed by atoms with E-state index in [1.54, 1.807) is 49.2 Å². The Hall–Kier alpha value is -3.08. The summed E-state index contributed by atoms with van der Waals surface area (Å²) in [6, 6.07) is 9.37. The molecule has 9 nitrogen and oxygen atoms in total. The summed E-state index contributed by atoms with van der Waals surface area (Å²) in [6.07, 6.45) is 3.21. The fraction of sp³-hybridized carbons (Fsp3) is 0.423. The van der Waals surface area contributed by atoms with Crippen molar-refractivity contribution < 1.29 is 32.5 Å². The number of ether oxygens (including phenoxy) is 3. The van der Waals surface area contributed by atoms with Crippen molar-refractivity contribution in [1.29, 1.82) is 0 Å². The molecule has 3 atom stereocenters. The number of aliphatic hydroxyl groups is 1. The molecule has 2 aliphatic rings. The van der Waals surface area contributed by atoms with E-state index in [0.717, 1.165) is 5.56 Å². The lowest BCUT2D eigenvalue weighted by Gasteiger charge is -2.37. The average Bonchev–Trinajstić information content (AvgIpc) is 3.33. The van der Waals surface area contributed by atoms with E-state index in [1.165, 1.54) is 10.4 Å². The first-order valence-electron chi connectivity index (χ1n) is 11.9. The molecule has 1 amide bonds. The number of hydrogen-bond acceptors (Lipinski definition) is 7. The molecule has 0 bridgehead atoms. The number of rotatable bonds is 6. The zero-order chi connectivity index (χ0) is 26.0. The summed E-state index contributed by atoms with van der Waals surface area (Å²) in [5, 5.41) is 9.79. The smallest absolute Gasteiger partial charge is 0.253 e. The van der Waals surface area contributed by atoms with Crippen molar-refractivity contribution in [3.05, 3.63) is 53.6 Å². The normalized spacial score (nSPS) is 21.8. The lowest BCUT2D eigenvalue weighted by Crippen LogP contribution is -2.50. The molecule has 0 fully saturated rings. The largest absolute Gasteiger partial charge is 0.487 e. The van der Waals surface area contributed by atoms with Gasteiger partial charge in [-0.15, -0.1) is 0 Å². The second-order valence-electron chi connectivity index (χ2n) is 9.20. The molecular weight excluding hydrogens is 484 g/mol. The molecule has 2 aromatic rings. The van der Waals surface area contributed by atoms with Crippen LogP contribution in [0.1, 0.15) is 36.7 Å². The Balaban J connectivity index is 1.66. The van der Waals surface area contributed by atoms with E-state index in [2.05, 4.69) is 0 Å². The molecule has 0 unspecified atom stereocenters. The zero-order valence-electron chi connectivity index (χ0n) is 20.9. The zero-order valence-corrected chi connectivity index (χ0v) is 21.7. The Morgan fingerprint density at radius 3 is 2.67 bits per heavy atom. The summed E-state index contributed by atoms with van der Waals surface area (Å²) in [7, 11) is -2.23. The van der Waals surface area contributed by atoms with Gasteiger partial charge < -0.3 is 24.2 Å². The molecule has 194 valence electrons. The van der Waals surface area contributed by atoms with Crippen LogP contribution in [0, 0.1) is 5.92 Å². The molecule has 4 rings (SSSR count). The van der Waals surface area contributed by atoms with Crippen LogP contribution < -0.4 is 14.2 Å². The average molecular weight is 517 g/mol. The Kier molecular flexibility index (Phi) is 7.58. The number of benzene rings is 2. The number of aliphatic hydroxyl groups excluding tert-OH is 1. The van der Waals surface area contributed by atoms with E-state index in [-0.39, 0.29) is 49.0 Å². The highest BCUT2D eigenvalue weighted by molar-refractivity contribution is 7.89. The number of fused-ring (bicyclic) bond motifs is 2. The highest BCUT2D eigenvalue weighted by Gasteiger charge is 2.38. The van der Waals surface area contributed by atoms with Gasteiger partial charge >= 0.3 is 0 Å². The highest BCUT2D eigenvalue weighted by atomic mass is 32.2. The second kappa shape index (κ2) is 10.5. The molecule has 0 saturated heterocycles. The standard InChI is InChI=1S/C26H32N2O7S/c1-5-6-19-7-10-25-23(11-19)35-24(17(2)13-28(18(3)15-29)36(25,31)32)14-27(4)26(30)20-8-9-21-22(12-20)34-16-33-21/h5-12,17-18,24,29H,13-16H2,1-4H3/b6-5+/t17-,18+,24+/m1/s1. The molecule has 0 saturated carbocycles. The summed E-state index contributed by atoms with van der Waals surface area (Å²) in [6.45, 7) is 5.60. The molecule has 2 heterocycles. The third-order valence-electron chi connectivity index (χ3n) is 6.47. The van der Waals surface area contributed by atoms with Crippen molar-refractivity contribution in [2.45, 2.75) is 37.8 Å². The van der Waals surface area contributed by atoms with E-state index >= 15 is 0 Å². The van der Waals surface area contributed by atoms with E-state index in [1.807, 2.05) is 26.0 Å². The number of amides is 1. The van der Waals surface area contributed by atoms with Crippen LogP contribution in [0.25, 0.3) is 6.08 Å². The third-order valence-corrected chi connectivity index (χ3v) is 8.49. The third kappa shape index (κ3) is 5.07. The van der Waals surface area contributed by atoms with Gasteiger partial charge in [0.2, 0.25) is 16.8 Å². The second-order valence-corrected chi connectivity index (χ2v) is 11.1. The van der Waals surface area contributed by atoms with Gasteiger partial charge in [0, 0.05) is 31.1 Å². The van der Waals surface area contributed by atoms with Gasteiger partial charge in [-0.2, -0.15) is 4.31 Å². The molecule has 0 radical (unpaired) electrons.